The number of rotatable bonds is 7. The van der Waals surface area contributed by atoms with Gasteiger partial charge in [-0.15, -0.1) is 0 Å². The summed E-state index contributed by atoms with van der Waals surface area (Å²) in [5.41, 5.74) is 2.27. The monoisotopic (exact) mass is 292 g/mol. The molecule has 0 aromatic heterocycles. The zero-order valence-electron chi connectivity index (χ0n) is 14.1. The summed E-state index contributed by atoms with van der Waals surface area (Å²) in [5, 5.41) is 3.38. The lowest BCUT2D eigenvalue weighted by Gasteiger charge is -2.23. The molecule has 1 rings (SSSR count). The molecule has 0 radical (unpaired) electrons. The summed E-state index contributed by atoms with van der Waals surface area (Å²) in [6.45, 7) is 6.98. The summed E-state index contributed by atoms with van der Waals surface area (Å²) in [7, 11) is 5.28. The molecule has 0 saturated carbocycles. The van der Waals surface area contributed by atoms with E-state index in [-0.39, 0.29) is 11.9 Å². The number of nitrogens with one attached hydrogen (secondary N) is 1. The lowest BCUT2D eigenvalue weighted by Crippen LogP contribution is -2.44. The molecule has 0 bridgehead atoms. The maximum absolute atomic E-state index is 12.2. The molecule has 0 spiro atoms. The third-order valence-corrected chi connectivity index (χ3v) is 3.46. The summed E-state index contributed by atoms with van der Waals surface area (Å²) in [6, 6.07) is 5.96. The Morgan fingerprint density at radius 1 is 1.33 bits per heavy atom. The fourth-order valence-electron chi connectivity index (χ4n) is 2.35. The number of ether oxygens (including phenoxy) is 1. The molecular formula is C17H28N2O2. The van der Waals surface area contributed by atoms with Crippen molar-refractivity contribution in [1.82, 2.24) is 10.2 Å². The van der Waals surface area contributed by atoms with E-state index >= 15 is 0 Å². The molecule has 1 unspecified atom stereocenters. The number of methoxy groups -OCH3 is 1. The molecule has 4 nitrogen and oxygen atoms in total. The van der Waals surface area contributed by atoms with Crippen LogP contribution in [0.3, 0.4) is 0 Å². The van der Waals surface area contributed by atoms with Crippen molar-refractivity contribution >= 4 is 5.91 Å². The van der Waals surface area contributed by atoms with Gasteiger partial charge in [0.05, 0.1) is 13.2 Å². The van der Waals surface area contributed by atoms with Gasteiger partial charge < -0.3 is 15.0 Å². The van der Waals surface area contributed by atoms with Crippen LogP contribution in [0.2, 0.25) is 0 Å². The minimum absolute atomic E-state index is 0.133. The van der Waals surface area contributed by atoms with Crippen LogP contribution in [-0.4, -0.2) is 38.1 Å². The number of hydrogen-bond donors (Lipinski definition) is 1. The molecule has 1 aromatic rings. The van der Waals surface area contributed by atoms with Crippen LogP contribution in [0.1, 0.15) is 31.4 Å². The van der Waals surface area contributed by atoms with E-state index in [1.54, 1.807) is 26.1 Å². The van der Waals surface area contributed by atoms with Crippen LogP contribution in [-0.2, 0) is 11.3 Å². The van der Waals surface area contributed by atoms with Crippen molar-refractivity contribution < 1.29 is 9.53 Å². The van der Waals surface area contributed by atoms with Gasteiger partial charge in [-0.2, -0.15) is 0 Å². The number of aryl methyl sites for hydroxylation is 1. The highest BCUT2D eigenvalue weighted by Gasteiger charge is 2.20. The number of carbonyl (C=O) groups excluding carboxylic acids is 1. The fraction of sp³-hybridized carbons (Fsp3) is 0.588. The van der Waals surface area contributed by atoms with E-state index in [1.165, 1.54) is 0 Å². The van der Waals surface area contributed by atoms with Crippen LogP contribution in [0.15, 0.2) is 18.2 Å². The van der Waals surface area contributed by atoms with Gasteiger partial charge in [-0.05, 0) is 36.5 Å². The second kappa shape index (κ2) is 8.03. The van der Waals surface area contributed by atoms with Crippen LogP contribution >= 0.6 is 0 Å². The average molecular weight is 292 g/mol. The summed E-state index contributed by atoms with van der Waals surface area (Å²) in [5.74, 6) is 1.50. The maximum Gasteiger partial charge on any atom is 0.239 e. The predicted octanol–water partition coefficient (Wildman–Crippen LogP) is 2.60. The lowest BCUT2D eigenvalue weighted by molar-refractivity contribution is -0.131. The quantitative estimate of drug-likeness (QED) is 0.840. The molecule has 4 heteroatoms. The van der Waals surface area contributed by atoms with Gasteiger partial charge in [0.1, 0.15) is 5.75 Å². The van der Waals surface area contributed by atoms with Gasteiger partial charge in [0.25, 0.3) is 0 Å². The molecule has 0 heterocycles. The maximum atomic E-state index is 12.2. The second-order valence-corrected chi connectivity index (χ2v) is 6.10. The number of benzene rings is 1. The Hall–Kier alpha value is -1.55. The van der Waals surface area contributed by atoms with Crippen LogP contribution in [0.5, 0.6) is 5.75 Å². The Labute approximate surface area is 128 Å². The van der Waals surface area contributed by atoms with Crippen LogP contribution in [0.4, 0.5) is 0 Å². The van der Waals surface area contributed by atoms with Gasteiger partial charge in [0.2, 0.25) is 5.91 Å². The van der Waals surface area contributed by atoms with Crippen LogP contribution < -0.4 is 10.1 Å². The molecule has 1 atom stereocenters. The molecule has 0 aliphatic rings. The molecule has 1 N–H and O–H groups in total. The SMILES string of the molecule is COc1ccc(CNC(CC(C)C)C(=O)N(C)C)cc1C. The second-order valence-electron chi connectivity index (χ2n) is 6.10. The van der Waals surface area contributed by atoms with E-state index in [4.69, 9.17) is 4.74 Å². The largest absolute Gasteiger partial charge is 0.496 e. The number of hydrogen-bond acceptors (Lipinski definition) is 3. The van der Waals surface area contributed by atoms with Crippen molar-refractivity contribution in [3.63, 3.8) is 0 Å². The molecule has 1 amide bonds. The topological polar surface area (TPSA) is 41.6 Å². The van der Waals surface area contributed by atoms with Crippen molar-refractivity contribution in [3.05, 3.63) is 29.3 Å². The van der Waals surface area contributed by atoms with Crippen LogP contribution in [0, 0.1) is 12.8 Å². The first-order chi connectivity index (χ1) is 9.85. The van der Waals surface area contributed by atoms with E-state index in [0.29, 0.717) is 12.5 Å². The van der Waals surface area contributed by atoms with E-state index in [0.717, 1.165) is 23.3 Å². The number of carbonyl (C=O) groups is 1. The van der Waals surface area contributed by atoms with Crippen LogP contribution in [0.25, 0.3) is 0 Å². The Kier molecular flexibility index (Phi) is 6.69. The molecule has 1 aromatic carbocycles. The third-order valence-electron chi connectivity index (χ3n) is 3.46. The molecule has 0 fully saturated rings. The fourth-order valence-corrected chi connectivity index (χ4v) is 2.35. The van der Waals surface area contributed by atoms with Crippen molar-refractivity contribution in [3.8, 4) is 5.75 Å². The molecule has 0 saturated heterocycles. The standard InChI is InChI=1S/C17H28N2O2/c1-12(2)9-15(17(20)19(4)5)18-11-14-7-8-16(21-6)13(3)10-14/h7-8,10,12,15,18H,9,11H2,1-6H3. The molecular weight excluding hydrogens is 264 g/mol. The molecule has 118 valence electrons. The van der Waals surface area contributed by atoms with Crippen molar-refractivity contribution in [2.24, 2.45) is 5.92 Å². The first kappa shape index (κ1) is 17.5. The zero-order valence-corrected chi connectivity index (χ0v) is 14.1. The highest BCUT2D eigenvalue weighted by atomic mass is 16.5. The minimum atomic E-state index is -0.137. The molecule has 21 heavy (non-hydrogen) atoms. The zero-order chi connectivity index (χ0) is 16.0. The van der Waals surface area contributed by atoms with Gasteiger partial charge in [0, 0.05) is 20.6 Å². The Bertz CT molecular complexity index is 470. The Morgan fingerprint density at radius 2 is 2.00 bits per heavy atom. The number of nitrogens with zero attached hydrogens (tertiary/aromatic N) is 1. The highest BCUT2D eigenvalue weighted by molar-refractivity contribution is 5.81. The van der Waals surface area contributed by atoms with Crippen molar-refractivity contribution in [2.75, 3.05) is 21.2 Å². The summed E-state index contributed by atoms with van der Waals surface area (Å²) >= 11 is 0. The minimum Gasteiger partial charge on any atom is -0.496 e. The van der Waals surface area contributed by atoms with E-state index in [1.807, 2.05) is 19.1 Å². The lowest BCUT2D eigenvalue weighted by atomic mass is 10.0. The first-order valence-corrected chi connectivity index (χ1v) is 7.43. The van der Waals surface area contributed by atoms with Gasteiger partial charge in [0.15, 0.2) is 0 Å². The van der Waals surface area contributed by atoms with Gasteiger partial charge >= 0.3 is 0 Å². The summed E-state index contributed by atoms with van der Waals surface area (Å²) < 4.78 is 5.27. The smallest absolute Gasteiger partial charge is 0.239 e. The van der Waals surface area contributed by atoms with Gasteiger partial charge in [-0.1, -0.05) is 26.0 Å². The number of amides is 1. The molecule has 0 aliphatic carbocycles. The Morgan fingerprint density at radius 3 is 2.48 bits per heavy atom. The van der Waals surface area contributed by atoms with E-state index in [9.17, 15) is 4.79 Å². The molecule has 0 aliphatic heterocycles. The van der Waals surface area contributed by atoms with Gasteiger partial charge in [-0.3, -0.25) is 4.79 Å². The summed E-state index contributed by atoms with van der Waals surface area (Å²) in [6.07, 6.45) is 0.839. The van der Waals surface area contributed by atoms with Crippen molar-refractivity contribution in [1.29, 1.82) is 0 Å². The predicted molar refractivity (Wildman–Crippen MR) is 86.5 cm³/mol. The highest BCUT2D eigenvalue weighted by Crippen LogP contribution is 2.18. The average Bonchev–Trinajstić information content (AvgIpc) is 2.42. The van der Waals surface area contributed by atoms with Crippen molar-refractivity contribution in [2.45, 2.75) is 39.8 Å². The third kappa shape index (κ3) is 5.38. The Balaban J connectivity index is 2.72. The number of likely N-dealkylation sites (N-methyl/N-ethyl adjacent to an activating group) is 1. The van der Waals surface area contributed by atoms with E-state index in [2.05, 4.69) is 25.2 Å². The van der Waals surface area contributed by atoms with E-state index < -0.39 is 0 Å². The summed E-state index contributed by atoms with van der Waals surface area (Å²) in [4.78, 5) is 13.9. The first-order valence-electron chi connectivity index (χ1n) is 7.43. The van der Waals surface area contributed by atoms with Gasteiger partial charge in [-0.25, -0.2) is 0 Å². The normalized spacial score (nSPS) is 12.3.